The molecule has 1 heterocycles. The van der Waals surface area contributed by atoms with E-state index in [0.29, 0.717) is 5.69 Å². The van der Waals surface area contributed by atoms with Crippen molar-refractivity contribution in [3.05, 3.63) is 36.2 Å². The second-order valence-electron chi connectivity index (χ2n) is 5.11. The van der Waals surface area contributed by atoms with Gasteiger partial charge in [-0.3, -0.25) is 9.78 Å². The molecule has 0 aliphatic heterocycles. The number of hydrogen-bond donors (Lipinski definition) is 1. The van der Waals surface area contributed by atoms with Crippen LogP contribution < -0.4 is 5.32 Å². The van der Waals surface area contributed by atoms with Gasteiger partial charge in [0.2, 0.25) is 0 Å². The zero-order chi connectivity index (χ0) is 14.4. The number of carbonyl (C=O) groups excluding carboxylic acids is 1. The zero-order valence-electron chi connectivity index (χ0n) is 12.1. The Balaban J connectivity index is 2.00. The lowest BCUT2D eigenvalue weighted by molar-refractivity contribution is 0.0933. The third kappa shape index (κ3) is 3.76. The van der Waals surface area contributed by atoms with Gasteiger partial charge >= 0.3 is 0 Å². The molecule has 106 valence electrons. The quantitative estimate of drug-likeness (QED) is 0.820. The van der Waals surface area contributed by atoms with Crippen LogP contribution in [0.3, 0.4) is 0 Å². The number of unbranched alkanes of at least 4 members (excludes halogenated alkanes) is 2. The topological polar surface area (TPSA) is 54.9 Å². The highest BCUT2D eigenvalue weighted by Crippen LogP contribution is 2.09. The number of carbonyl (C=O) groups is 1. The molecular formula is C16H21N3O. The van der Waals surface area contributed by atoms with Crippen molar-refractivity contribution in [3.8, 4) is 0 Å². The zero-order valence-corrected chi connectivity index (χ0v) is 12.1. The summed E-state index contributed by atoms with van der Waals surface area (Å²) in [4.78, 5) is 20.7. The average molecular weight is 271 g/mol. The fraction of sp³-hybridized carbons (Fsp3) is 0.438. The van der Waals surface area contributed by atoms with Crippen molar-refractivity contribution in [1.29, 1.82) is 0 Å². The summed E-state index contributed by atoms with van der Waals surface area (Å²) in [5.41, 5.74) is 1.94. The number of fused-ring (bicyclic) bond motifs is 1. The van der Waals surface area contributed by atoms with Crippen LogP contribution >= 0.6 is 0 Å². The minimum absolute atomic E-state index is 0.146. The van der Waals surface area contributed by atoms with Crippen molar-refractivity contribution in [2.24, 2.45) is 0 Å². The molecule has 1 aromatic carbocycles. The smallest absolute Gasteiger partial charge is 0.271 e. The molecular weight excluding hydrogens is 250 g/mol. The molecule has 1 amide bonds. The Morgan fingerprint density at radius 3 is 2.75 bits per heavy atom. The highest BCUT2D eigenvalue weighted by Gasteiger charge is 2.11. The second-order valence-corrected chi connectivity index (χ2v) is 5.11. The van der Waals surface area contributed by atoms with Gasteiger partial charge in [0.1, 0.15) is 5.69 Å². The Morgan fingerprint density at radius 1 is 1.25 bits per heavy atom. The Labute approximate surface area is 119 Å². The summed E-state index contributed by atoms with van der Waals surface area (Å²) in [6.45, 7) is 4.20. The van der Waals surface area contributed by atoms with Crippen molar-refractivity contribution in [3.63, 3.8) is 0 Å². The first kappa shape index (κ1) is 14.4. The molecule has 0 fully saturated rings. The second kappa shape index (κ2) is 6.98. The summed E-state index contributed by atoms with van der Waals surface area (Å²) in [5, 5.41) is 2.98. The fourth-order valence-corrected chi connectivity index (χ4v) is 2.14. The van der Waals surface area contributed by atoms with Crippen LogP contribution in [0.25, 0.3) is 11.0 Å². The summed E-state index contributed by atoms with van der Waals surface area (Å²) >= 11 is 0. The van der Waals surface area contributed by atoms with Crippen LogP contribution in [0.4, 0.5) is 0 Å². The van der Waals surface area contributed by atoms with Crippen LogP contribution in [0, 0.1) is 0 Å². The van der Waals surface area contributed by atoms with Gasteiger partial charge in [-0.05, 0) is 25.5 Å². The van der Waals surface area contributed by atoms with E-state index < -0.39 is 0 Å². The van der Waals surface area contributed by atoms with E-state index in [1.807, 2.05) is 31.2 Å². The first-order chi connectivity index (χ1) is 9.70. The predicted octanol–water partition coefficient (Wildman–Crippen LogP) is 3.33. The molecule has 1 aromatic heterocycles. The lowest BCUT2D eigenvalue weighted by Crippen LogP contribution is -2.33. The van der Waals surface area contributed by atoms with E-state index in [1.165, 1.54) is 19.0 Å². The number of aromatic nitrogens is 2. The van der Waals surface area contributed by atoms with Crippen molar-refractivity contribution < 1.29 is 4.79 Å². The van der Waals surface area contributed by atoms with E-state index >= 15 is 0 Å². The Hall–Kier alpha value is -1.97. The first-order valence-electron chi connectivity index (χ1n) is 7.23. The SMILES string of the molecule is CCCCCC(C)NC(=O)c1cnc2ccccc2n1. The number of rotatable bonds is 6. The average Bonchev–Trinajstić information content (AvgIpc) is 2.47. The number of hydrogen-bond acceptors (Lipinski definition) is 3. The monoisotopic (exact) mass is 271 g/mol. The van der Waals surface area contributed by atoms with Crippen LogP contribution in [0.5, 0.6) is 0 Å². The van der Waals surface area contributed by atoms with E-state index in [9.17, 15) is 4.79 Å². The molecule has 0 saturated heterocycles. The molecule has 0 aliphatic rings. The predicted molar refractivity (Wildman–Crippen MR) is 80.6 cm³/mol. The molecule has 2 aromatic rings. The largest absolute Gasteiger partial charge is 0.348 e. The van der Waals surface area contributed by atoms with E-state index in [1.54, 1.807) is 0 Å². The molecule has 0 radical (unpaired) electrons. The van der Waals surface area contributed by atoms with Gasteiger partial charge in [0.25, 0.3) is 5.91 Å². The Kier molecular flexibility index (Phi) is 5.04. The molecule has 20 heavy (non-hydrogen) atoms. The number of nitrogens with zero attached hydrogens (tertiary/aromatic N) is 2. The molecule has 0 spiro atoms. The van der Waals surface area contributed by atoms with Crippen molar-refractivity contribution in [2.45, 2.75) is 45.6 Å². The van der Waals surface area contributed by atoms with Crippen molar-refractivity contribution in [2.75, 3.05) is 0 Å². The molecule has 1 unspecified atom stereocenters. The highest BCUT2D eigenvalue weighted by molar-refractivity contribution is 5.93. The summed E-state index contributed by atoms with van der Waals surface area (Å²) < 4.78 is 0. The molecule has 4 nitrogen and oxygen atoms in total. The lowest BCUT2D eigenvalue weighted by Gasteiger charge is -2.13. The minimum Gasteiger partial charge on any atom is -0.348 e. The van der Waals surface area contributed by atoms with Gasteiger partial charge in [-0.25, -0.2) is 4.98 Å². The van der Waals surface area contributed by atoms with Gasteiger partial charge in [-0.2, -0.15) is 0 Å². The lowest BCUT2D eigenvalue weighted by atomic mass is 10.1. The van der Waals surface area contributed by atoms with Gasteiger partial charge in [0.15, 0.2) is 0 Å². The van der Waals surface area contributed by atoms with Crippen LogP contribution in [0.2, 0.25) is 0 Å². The van der Waals surface area contributed by atoms with E-state index in [0.717, 1.165) is 23.9 Å². The maximum atomic E-state index is 12.1. The van der Waals surface area contributed by atoms with Gasteiger partial charge in [-0.1, -0.05) is 38.3 Å². The van der Waals surface area contributed by atoms with Crippen LogP contribution in [-0.2, 0) is 0 Å². The first-order valence-corrected chi connectivity index (χ1v) is 7.23. The molecule has 1 atom stereocenters. The van der Waals surface area contributed by atoms with Crippen LogP contribution in [0.1, 0.15) is 50.0 Å². The molecule has 0 aliphatic carbocycles. The molecule has 2 rings (SSSR count). The Bertz CT molecular complexity index is 583. The summed E-state index contributed by atoms with van der Waals surface area (Å²) in [7, 11) is 0. The summed E-state index contributed by atoms with van der Waals surface area (Å²) in [6, 6.07) is 7.72. The molecule has 0 bridgehead atoms. The normalized spacial score (nSPS) is 12.3. The maximum Gasteiger partial charge on any atom is 0.271 e. The van der Waals surface area contributed by atoms with E-state index in [-0.39, 0.29) is 11.9 Å². The van der Waals surface area contributed by atoms with Crippen molar-refractivity contribution >= 4 is 16.9 Å². The maximum absolute atomic E-state index is 12.1. The van der Waals surface area contributed by atoms with Gasteiger partial charge in [-0.15, -0.1) is 0 Å². The minimum atomic E-state index is -0.146. The third-order valence-electron chi connectivity index (χ3n) is 3.30. The third-order valence-corrected chi connectivity index (χ3v) is 3.30. The fourth-order valence-electron chi connectivity index (χ4n) is 2.14. The van der Waals surface area contributed by atoms with Crippen molar-refractivity contribution in [1.82, 2.24) is 15.3 Å². The van der Waals surface area contributed by atoms with Crippen LogP contribution in [0.15, 0.2) is 30.5 Å². The summed E-state index contributed by atoms with van der Waals surface area (Å²) in [5.74, 6) is -0.146. The number of nitrogens with one attached hydrogen (secondary N) is 1. The van der Waals surface area contributed by atoms with Crippen LogP contribution in [-0.4, -0.2) is 21.9 Å². The number of amides is 1. The van der Waals surface area contributed by atoms with E-state index in [4.69, 9.17) is 0 Å². The summed E-state index contributed by atoms with van der Waals surface area (Å²) in [6.07, 6.45) is 6.07. The molecule has 4 heteroatoms. The van der Waals surface area contributed by atoms with Gasteiger partial charge < -0.3 is 5.32 Å². The highest BCUT2D eigenvalue weighted by atomic mass is 16.1. The molecule has 1 N–H and O–H groups in total. The van der Waals surface area contributed by atoms with Gasteiger partial charge in [0, 0.05) is 6.04 Å². The molecule has 0 saturated carbocycles. The standard InChI is InChI=1S/C16H21N3O/c1-3-4-5-8-12(2)18-16(20)15-11-17-13-9-6-7-10-14(13)19-15/h6-7,9-12H,3-5,8H2,1-2H3,(H,18,20). The number of para-hydroxylation sites is 2. The van der Waals surface area contributed by atoms with Gasteiger partial charge in [0.05, 0.1) is 17.2 Å². The van der Waals surface area contributed by atoms with E-state index in [2.05, 4.69) is 22.2 Å². The Morgan fingerprint density at radius 2 is 2.00 bits per heavy atom. The number of benzene rings is 1.